The van der Waals surface area contributed by atoms with E-state index in [0.717, 1.165) is 11.3 Å². The van der Waals surface area contributed by atoms with Crippen LogP contribution in [0.5, 0.6) is 5.88 Å². The minimum atomic E-state index is -0.187. The molecule has 0 saturated carbocycles. The molecule has 0 radical (unpaired) electrons. The molecular formula is C15H20N4O. The Morgan fingerprint density at radius 3 is 2.30 bits per heavy atom. The molecule has 0 aliphatic carbocycles. The highest BCUT2D eigenvalue weighted by Crippen LogP contribution is 2.23. The van der Waals surface area contributed by atoms with Gasteiger partial charge in [0, 0.05) is 6.07 Å². The van der Waals surface area contributed by atoms with E-state index in [4.69, 9.17) is 10.6 Å². The highest BCUT2D eigenvalue weighted by molar-refractivity contribution is 5.32. The van der Waals surface area contributed by atoms with Gasteiger partial charge in [-0.2, -0.15) is 0 Å². The Labute approximate surface area is 119 Å². The molecule has 0 saturated heterocycles. The number of methoxy groups -OCH3 is 1. The highest BCUT2D eigenvalue weighted by atomic mass is 16.5. The zero-order valence-corrected chi connectivity index (χ0v) is 12.0. The van der Waals surface area contributed by atoms with Gasteiger partial charge in [0.25, 0.3) is 0 Å². The van der Waals surface area contributed by atoms with Crippen molar-refractivity contribution in [3.05, 3.63) is 53.5 Å². The minimum Gasteiger partial charge on any atom is -0.481 e. The Morgan fingerprint density at radius 1 is 1.10 bits per heavy atom. The predicted molar refractivity (Wildman–Crippen MR) is 78.3 cm³/mol. The Morgan fingerprint density at radius 2 is 1.75 bits per heavy atom. The van der Waals surface area contributed by atoms with Gasteiger partial charge in [0.2, 0.25) is 5.88 Å². The van der Waals surface area contributed by atoms with Crippen molar-refractivity contribution in [1.29, 1.82) is 0 Å². The number of nitrogens with one attached hydrogen (secondary N) is 1. The first kappa shape index (κ1) is 14.4. The third-order valence-electron chi connectivity index (χ3n) is 3.27. The maximum absolute atomic E-state index is 5.67. The van der Waals surface area contributed by atoms with Crippen molar-refractivity contribution >= 4 is 0 Å². The van der Waals surface area contributed by atoms with Crippen LogP contribution in [0.25, 0.3) is 0 Å². The predicted octanol–water partition coefficient (Wildman–Crippen LogP) is 2.16. The average Bonchev–Trinajstić information content (AvgIpc) is 2.49. The van der Waals surface area contributed by atoms with Gasteiger partial charge in [0.1, 0.15) is 6.33 Å². The number of hydrogen-bond donors (Lipinski definition) is 2. The molecule has 0 spiro atoms. The molecule has 5 nitrogen and oxygen atoms in total. The smallest absolute Gasteiger partial charge is 0.216 e. The summed E-state index contributed by atoms with van der Waals surface area (Å²) in [6.07, 6.45) is 1.47. The molecule has 0 aliphatic heterocycles. The minimum absolute atomic E-state index is 0.187. The Hall–Kier alpha value is -1.98. The molecule has 3 N–H and O–H groups in total. The first-order valence-electron chi connectivity index (χ1n) is 6.57. The van der Waals surface area contributed by atoms with E-state index in [1.165, 1.54) is 11.9 Å². The molecule has 20 heavy (non-hydrogen) atoms. The zero-order valence-electron chi connectivity index (χ0n) is 12.0. The van der Waals surface area contributed by atoms with Gasteiger partial charge in [-0.1, -0.05) is 38.1 Å². The van der Waals surface area contributed by atoms with Crippen LogP contribution in [0.1, 0.15) is 42.6 Å². The van der Waals surface area contributed by atoms with Gasteiger partial charge in [0.05, 0.1) is 18.8 Å². The lowest BCUT2D eigenvalue weighted by molar-refractivity contribution is 0.395. The van der Waals surface area contributed by atoms with E-state index in [1.807, 2.05) is 0 Å². The number of benzene rings is 1. The van der Waals surface area contributed by atoms with Crippen molar-refractivity contribution < 1.29 is 4.74 Å². The molecule has 0 aliphatic rings. The molecule has 1 aromatic heterocycles. The quantitative estimate of drug-likeness (QED) is 0.644. The van der Waals surface area contributed by atoms with Crippen molar-refractivity contribution in [3.63, 3.8) is 0 Å². The normalized spacial score (nSPS) is 12.4. The summed E-state index contributed by atoms with van der Waals surface area (Å²) >= 11 is 0. The van der Waals surface area contributed by atoms with E-state index >= 15 is 0 Å². The van der Waals surface area contributed by atoms with E-state index < -0.39 is 0 Å². The summed E-state index contributed by atoms with van der Waals surface area (Å²) in [4.78, 5) is 8.26. The largest absolute Gasteiger partial charge is 0.481 e. The highest BCUT2D eigenvalue weighted by Gasteiger charge is 2.15. The molecule has 0 amide bonds. The number of aromatic nitrogens is 2. The second kappa shape index (κ2) is 6.45. The van der Waals surface area contributed by atoms with Gasteiger partial charge in [-0.3, -0.25) is 5.84 Å². The van der Waals surface area contributed by atoms with Crippen molar-refractivity contribution in [1.82, 2.24) is 15.4 Å². The summed E-state index contributed by atoms with van der Waals surface area (Å²) in [5.41, 5.74) is 5.91. The Bertz CT molecular complexity index is 554. The summed E-state index contributed by atoms with van der Waals surface area (Å²) in [5, 5.41) is 0. The van der Waals surface area contributed by atoms with Crippen LogP contribution in [-0.2, 0) is 0 Å². The third-order valence-corrected chi connectivity index (χ3v) is 3.27. The van der Waals surface area contributed by atoms with Gasteiger partial charge in [-0.05, 0) is 17.0 Å². The molecule has 2 aromatic rings. The summed E-state index contributed by atoms with van der Waals surface area (Å²) in [6.45, 7) is 4.34. The summed E-state index contributed by atoms with van der Waals surface area (Å²) in [7, 11) is 1.58. The lowest BCUT2D eigenvalue weighted by Crippen LogP contribution is -2.29. The van der Waals surface area contributed by atoms with E-state index in [-0.39, 0.29) is 6.04 Å². The average molecular weight is 272 g/mol. The van der Waals surface area contributed by atoms with Crippen LogP contribution in [0, 0.1) is 0 Å². The molecule has 1 heterocycles. The first-order valence-corrected chi connectivity index (χ1v) is 6.57. The monoisotopic (exact) mass is 272 g/mol. The number of hydrogen-bond acceptors (Lipinski definition) is 5. The van der Waals surface area contributed by atoms with Crippen LogP contribution < -0.4 is 16.0 Å². The lowest BCUT2D eigenvalue weighted by atomic mass is 9.98. The number of hydrazine groups is 1. The van der Waals surface area contributed by atoms with Crippen LogP contribution in [0.2, 0.25) is 0 Å². The molecule has 2 rings (SSSR count). The number of nitrogens with two attached hydrogens (primary N) is 1. The summed E-state index contributed by atoms with van der Waals surface area (Å²) in [5.74, 6) is 6.70. The van der Waals surface area contributed by atoms with Gasteiger partial charge in [-0.15, -0.1) is 0 Å². The van der Waals surface area contributed by atoms with Crippen molar-refractivity contribution in [2.24, 2.45) is 5.84 Å². The van der Waals surface area contributed by atoms with Crippen LogP contribution in [0.4, 0.5) is 0 Å². The fourth-order valence-electron chi connectivity index (χ4n) is 2.05. The van der Waals surface area contributed by atoms with Crippen LogP contribution in [-0.4, -0.2) is 17.1 Å². The Kier molecular flexibility index (Phi) is 4.65. The second-order valence-corrected chi connectivity index (χ2v) is 4.91. The number of nitrogens with zero attached hydrogens (tertiary/aromatic N) is 2. The Balaban J connectivity index is 2.31. The summed E-state index contributed by atoms with van der Waals surface area (Å²) in [6, 6.07) is 9.95. The second-order valence-electron chi connectivity index (χ2n) is 4.91. The van der Waals surface area contributed by atoms with Crippen LogP contribution >= 0.6 is 0 Å². The van der Waals surface area contributed by atoms with Gasteiger partial charge >= 0.3 is 0 Å². The van der Waals surface area contributed by atoms with E-state index in [0.29, 0.717) is 11.8 Å². The molecule has 0 bridgehead atoms. The van der Waals surface area contributed by atoms with E-state index in [9.17, 15) is 0 Å². The molecule has 106 valence electrons. The lowest BCUT2D eigenvalue weighted by Gasteiger charge is -2.17. The van der Waals surface area contributed by atoms with E-state index in [1.54, 1.807) is 13.2 Å². The maximum Gasteiger partial charge on any atom is 0.216 e. The van der Waals surface area contributed by atoms with Crippen molar-refractivity contribution in [3.8, 4) is 5.88 Å². The first-order chi connectivity index (χ1) is 9.65. The van der Waals surface area contributed by atoms with Gasteiger partial charge < -0.3 is 4.74 Å². The van der Waals surface area contributed by atoms with E-state index in [2.05, 4.69) is 53.5 Å². The SMILES string of the molecule is COc1cc(C(NN)c2ccc(C(C)C)cc2)ncn1. The fourth-order valence-corrected chi connectivity index (χ4v) is 2.05. The van der Waals surface area contributed by atoms with Crippen molar-refractivity contribution in [2.75, 3.05) is 7.11 Å². The van der Waals surface area contributed by atoms with Crippen LogP contribution in [0.3, 0.4) is 0 Å². The third kappa shape index (κ3) is 3.12. The molecule has 1 atom stereocenters. The number of rotatable bonds is 5. The summed E-state index contributed by atoms with van der Waals surface area (Å²) < 4.78 is 5.12. The van der Waals surface area contributed by atoms with Crippen LogP contribution in [0.15, 0.2) is 36.7 Å². The number of ether oxygens (including phenoxy) is 1. The molecule has 0 fully saturated rings. The topological polar surface area (TPSA) is 73.1 Å². The zero-order chi connectivity index (χ0) is 14.5. The molecule has 1 aromatic carbocycles. The van der Waals surface area contributed by atoms with Gasteiger partial charge in [-0.25, -0.2) is 15.4 Å². The molecule has 1 unspecified atom stereocenters. The van der Waals surface area contributed by atoms with Gasteiger partial charge in [0.15, 0.2) is 0 Å². The fraction of sp³-hybridized carbons (Fsp3) is 0.333. The standard InChI is InChI=1S/C15H20N4O/c1-10(2)11-4-6-12(7-5-11)15(19-16)13-8-14(20-3)18-9-17-13/h4-10,15,19H,16H2,1-3H3. The molecular weight excluding hydrogens is 252 g/mol. The van der Waals surface area contributed by atoms with Crippen molar-refractivity contribution in [2.45, 2.75) is 25.8 Å². The molecule has 5 heteroatoms. The maximum atomic E-state index is 5.67.